The van der Waals surface area contributed by atoms with E-state index in [4.69, 9.17) is 79.1 Å². The molecule has 0 unspecified atom stereocenters. The zero-order chi connectivity index (χ0) is 31.2. The van der Waals surface area contributed by atoms with Crippen molar-refractivity contribution in [3.05, 3.63) is 58.1 Å². The van der Waals surface area contributed by atoms with Gasteiger partial charge >= 0.3 is 5.97 Å². The zero-order valence-electron chi connectivity index (χ0n) is 22.5. The van der Waals surface area contributed by atoms with E-state index in [1.165, 1.54) is 23.1 Å². The van der Waals surface area contributed by atoms with Gasteiger partial charge in [0.15, 0.2) is 4.33 Å². The number of carbonyl (C=O) groups is 4. The van der Waals surface area contributed by atoms with Crippen LogP contribution in [-0.4, -0.2) is 50.9 Å². The van der Waals surface area contributed by atoms with Crippen LogP contribution in [0, 0.1) is 24.7 Å². The van der Waals surface area contributed by atoms with Crippen molar-refractivity contribution >= 4 is 105 Å². The molecule has 3 fully saturated rings. The van der Waals surface area contributed by atoms with Crippen molar-refractivity contribution in [2.75, 3.05) is 23.0 Å². The summed E-state index contributed by atoms with van der Waals surface area (Å²) < 4.78 is 9.22. The van der Waals surface area contributed by atoms with Crippen molar-refractivity contribution in [3.63, 3.8) is 0 Å². The molecule has 3 amide bonds. The lowest BCUT2D eigenvalue weighted by molar-refractivity contribution is -0.139. The van der Waals surface area contributed by atoms with Gasteiger partial charge in [0.25, 0.3) is 0 Å². The van der Waals surface area contributed by atoms with Crippen molar-refractivity contribution in [2.45, 2.75) is 34.3 Å². The molecule has 2 saturated heterocycles. The number of imide groups is 1. The highest BCUT2D eigenvalue weighted by Gasteiger charge is 2.87. The van der Waals surface area contributed by atoms with Gasteiger partial charge in [-0.05, 0) is 49.7 Å². The van der Waals surface area contributed by atoms with Crippen LogP contribution in [0.4, 0.5) is 11.4 Å². The van der Waals surface area contributed by atoms with E-state index in [1.54, 1.807) is 31.2 Å². The molecule has 2 aliphatic heterocycles. The topological polar surface area (TPSA) is 93.2 Å². The molecule has 0 spiro atoms. The maximum atomic E-state index is 13.7. The van der Waals surface area contributed by atoms with Crippen LogP contribution >= 0.6 is 69.6 Å². The minimum Gasteiger partial charge on any atom is -0.492 e. The van der Waals surface area contributed by atoms with Crippen LogP contribution < -0.4 is 19.3 Å². The molecule has 0 aromatic heterocycles. The first-order valence-electron chi connectivity index (χ1n) is 13.3. The number of fused-ring (bicyclic) bond motifs is 5. The van der Waals surface area contributed by atoms with Gasteiger partial charge < -0.3 is 14.4 Å². The molecule has 226 valence electrons. The first kappa shape index (κ1) is 30.8. The number of esters is 1. The first-order valence-corrected chi connectivity index (χ1v) is 15.5. The number of anilines is 2. The number of ether oxygens (including phenoxy) is 2. The highest BCUT2D eigenvalue weighted by molar-refractivity contribution is 6.67. The highest BCUT2D eigenvalue weighted by atomic mass is 35.5. The minimum absolute atomic E-state index is 0.0297. The molecule has 2 aromatic rings. The summed E-state index contributed by atoms with van der Waals surface area (Å²) in [6, 6.07) is 11.5. The Morgan fingerprint density at radius 2 is 1.53 bits per heavy atom. The van der Waals surface area contributed by atoms with Gasteiger partial charge in [-0.1, -0.05) is 58.5 Å². The van der Waals surface area contributed by atoms with Crippen LogP contribution in [0.3, 0.4) is 0 Å². The molecule has 1 saturated carbocycles. The Kier molecular flexibility index (Phi) is 7.47. The molecule has 6 rings (SSSR count). The fraction of sp³-hybridized carbons (Fsp3) is 0.379. The lowest BCUT2D eigenvalue weighted by Gasteiger charge is -2.34. The van der Waals surface area contributed by atoms with E-state index in [2.05, 4.69) is 0 Å². The Labute approximate surface area is 276 Å². The van der Waals surface area contributed by atoms with Crippen LogP contribution in [0.25, 0.3) is 0 Å². The summed E-state index contributed by atoms with van der Waals surface area (Å²) in [5.41, 5.74) is 1.24. The number of benzene rings is 2. The zero-order valence-corrected chi connectivity index (χ0v) is 27.0. The Bertz CT molecular complexity index is 1600. The summed E-state index contributed by atoms with van der Waals surface area (Å²) in [7, 11) is 0. The lowest BCUT2D eigenvalue weighted by atomic mass is 9.84. The third-order valence-corrected chi connectivity index (χ3v) is 12.7. The summed E-state index contributed by atoms with van der Waals surface area (Å²) in [6.45, 7) is 4.03. The maximum absolute atomic E-state index is 13.7. The summed E-state index contributed by atoms with van der Waals surface area (Å²) >= 11 is 39.4. The normalized spacial score (nSPS) is 30.9. The number of halogens is 6. The predicted octanol–water partition coefficient (Wildman–Crippen LogP) is 6.30. The standard InChI is InChI=1S/C29H22Cl6N2O6/c1-3-42-18-7-5-4-6-17(18)36-12-14(11-19(36)38)26(41)43-15-8-9-16(13(2)10-15)37-24(39)20-21(25(37)40)28(33)23(31)22(30)27(20,32)29(28,34)35/h4-10,14,20-21H,3,11-12H2,1-2H3/t14-,20-,21+,27-,28-/m1/s1. The van der Waals surface area contributed by atoms with Gasteiger partial charge in [0, 0.05) is 13.0 Å². The third kappa shape index (κ3) is 4.03. The van der Waals surface area contributed by atoms with E-state index in [-0.39, 0.29) is 40.4 Å². The molecule has 2 aliphatic carbocycles. The Hall–Kier alpha value is -2.20. The molecule has 43 heavy (non-hydrogen) atoms. The number of amides is 3. The van der Waals surface area contributed by atoms with Crippen molar-refractivity contribution in [1.29, 1.82) is 0 Å². The van der Waals surface area contributed by atoms with Crippen molar-refractivity contribution in [3.8, 4) is 11.5 Å². The number of nitrogens with zero attached hydrogens (tertiary/aromatic N) is 2. The van der Waals surface area contributed by atoms with Crippen LogP contribution in [0.2, 0.25) is 0 Å². The van der Waals surface area contributed by atoms with Crippen molar-refractivity contribution < 1.29 is 28.7 Å². The van der Waals surface area contributed by atoms with E-state index >= 15 is 0 Å². The monoisotopic (exact) mass is 704 g/mol. The maximum Gasteiger partial charge on any atom is 0.316 e. The van der Waals surface area contributed by atoms with Gasteiger partial charge in [-0.25, -0.2) is 4.90 Å². The van der Waals surface area contributed by atoms with Crippen LogP contribution in [0.5, 0.6) is 11.5 Å². The second-order valence-corrected chi connectivity index (χ2v) is 14.0. The molecule has 2 heterocycles. The van der Waals surface area contributed by atoms with Crippen molar-refractivity contribution in [1.82, 2.24) is 0 Å². The van der Waals surface area contributed by atoms with Crippen LogP contribution in [-0.2, 0) is 19.2 Å². The quantitative estimate of drug-likeness (QED) is 0.152. The van der Waals surface area contributed by atoms with Gasteiger partial charge in [0.1, 0.15) is 21.2 Å². The number of carbonyl (C=O) groups excluding carboxylic acids is 4. The fourth-order valence-electron chi connectivity index (χ4n) is 6.43. The van der Waals surface area contributed by atoms with E-state index in [0.717, 1.165) is 4.90 Å². The largest absolute Gasteiger partial charge is 0.492 e. The Morgan fingerprint density at radius 1 is 0.930 bits per heavy atom. The second kappa shape index (κ2) is 10.4. The predicted molar refractivity (Wildman–Crippen MR) is 165 cm³/mol. The molecular weight excluding hydrogens is 685 g/mol. The Morgan fingerprint density at radius 3 is 2.12 bits per heavy atom. The molecular formula is C29H22Cl6N2O6. The molecule has 8 nitrogen and oxygen atoms in total. The Balaban J connectivity index is 1.21. The molecule has 0 N–H and O–H groups in total. The van der Waals surface area contributed by atoms with Gasteiger partial charge in [-0.3, -0.25) is 19.2 Å². The molecule has 4 aliphatic rings. The van der Waals surface area contributed by atoms with E-state index in [9.17, 15) is 19.2 Å². The average molecular weight is 707 g/mol. The summed E-state index contributed by atoms with van der Waals surface area (Å²) in [6.07, 6.45) is -0.0297. The molecule has 5 atom stereocenters. The third-order valence-electron chi connectivity index (χ3n) is 8.45. The molecule has 2 aromatic carbocycles. The fourth-order valence-corrected chi connectivity index (χ4v) is 9.36. The number of rotatable bonds is 6. The lowest BCUT2D eigenvalue weighted by Crippen LogP contribution is -2.50. The average Bonchev–Trinajstić information content (AvgIpc) is 3.54. The summed E-state index contributed by atoms with van der Waals surface area (Å²) in [5.74, 6) is -4.74. The smallest absolute Gasteiger partial charge is 0.316 e. The van der Waals surface area contributed by atoms with Crippen LogP contribution in [0.15, 0.2) is 52.5 Å². The van der Waals surface area contributed by atoms with Gasteiger partial charge in [-0.2, -0.15) is 0 Å². The number of hydrogen-bond donors (Lipinski definition) is 0. The second-order valence-electron chi connectivity index (χ2n) is 10.8. The molecule has 2 bridgehead atoms. The number of para-hydroxylation sites is 2. The highest BCUT2D eigenvalue weighted by Crippen LogP contribution is 2.77. The SMILES string of the molecule is CCOc1ccccc1N1C[C@H](C(=O)Oc2ccc(N3C(=O)[C@@H]4[C@H](C3=O)[C@@]3(Cl)C(Cl)=C(Cl)[C@@]4(Cl)C3(Cl)Cl)c(C)c2)CC1=O. The minimum atomic E-state index is -2.03. The van der Waals surface area contributed by atoms with Crippen molar-refractivity contribution in [2.24, 2.45) is 17.8 Å². The summed E-state index contributed by atoms with van der Waals surface area (Å²) in [5, 5.41) is -0.353. The molecule has 0 radical (unpaired) electrons. The van der Waals surface area contributed by atoms with E-state index < -0.39 is 49.6 Å². The van der Waals surface area contributed by atoms with Gasteiger partial charge in [0.05, 0.1) is 45.8 Å². The van der Waals surface area contributed by atoms with Gasteiger partial charge in [0.2, 0.25) is 17.7 Å². The molecule has 14 heteroatoms. The van der Waals surface area contributed by atoms with E-state index in [0.29, 0.717) is 23.6 Å². The van der Waals surface area contributed by atoms with Gasteiger partial charge in [-0.15, -0.1) is 23.2 Å². The summed E-state index contributed by atoms with van der Waals surface area (Å²) in [4.78, 5) is 51.9. The number of hydrogen-bond acceptors (Lipinski definition) is 6. The van der Waals surface area contributed by atoms with Crippen LogP contribution in [0.1, 0.15) is 18.9 Å². The number of alkyl halides is 4. The number of aryl methyl sites for hydroxylation is 1. The number of allylic oxidation sites excluding steroid dienone is 2. The van der Waals surface area contributed by atoms with E-state index in [1.807, 2.05) is 6.92 Å². The first-order chi connectivity index (χ1) is 20.2.